The second-order valence-electron chi connectivity index (χ2n) is 6.61. The third-order valence-corrected chi connectivity index (χ3v) is 3.42. The highest BCUT2D eigenvalue weighted by molar-refractivity contribution is 5.75. The molecule has 0 aromatic heterocycles. The minimum Gasteiger partial charge on any atom is -0.300 e. The Bertz CT molecular complexity index is 424. The molecule has 18 heavy (non-hydrogen) atoms. The van der Waals surface area contributed by atoms with E-state index in [1.807, 2.05) is 0 Å². The molecule has 1 unspecified atom stereocenters. The topological polar surface area (TPSA) is 17.1 Å². The van der Waals surface area contributed by atoms with E-state index in [4.69, 9.17) is 0 Å². The molecule has 1 rings (SSSR count). The molecule has 0 saturated heterocycles. The smallest absolute Gasteiger partial charge is 0.130 e. The largest absolute Gasteiger partial charge is 0.300 e. The van der Waals surface area contributed by atoms with E-state index in [0.717, 1.165) is 6.42 Å². The fourth-order valence-electron chi connectivity index (χ4n) is 2.30. The lowest BCUT2D eigenvalue weighted by Gasteiger charge is -2.21. The Morgan fingerprint density at radius 2 is 1.89 bits per heavy atom. The number of hydrogen-bond donors (Lipinski definition) is 0. The zero-order valence-corrected chi connectivity index (χ0v) is 12.6. The lowest BCUT2D eigenvalue weighted by molar-refractivity contribution is -0.117. The number of rotatable bonds is 4. The molecule has 1 atom stereocenters. The summed E-state index contributed by atoms with van der Waals surface area (Å²) in [6.07, 6.45) is 1.68. The molecule has 0 aliphatic carbocycles. The molecule has 0 saturated carbocycles. The first-order valence-electron chi connectivity index (χ1n) is 6.79. The fourth-order valence-corrected chi connectivity index (χ4v) is 2.30. The molecular formula is C17H26O. The molecule has 100 valence electrons. The van der Waals surface area contributed by atoms with Crippen LogP contribution in [0.15, 0.2) is 18.2 Å². The molecule has 0 spiro atoms. The normalized spacial score (nSPS) is 13.4. The van der Waals surface area contributed by atoms with Gasteiger partial charge < -0.3 is 4.79 Å². The molecule has 1 nitrogen and oxygen atoms in total. The van der Waals surface area contributed by atoms with Crippen molar-refractivity contribution in [3.63, 3.8) is 0 Å². The molecule has 0 aliphatic heterocycles. The summed E-state index contributed by atoms with van der Waals surface area (Å²) in [5.41, 5.74) is 4.28. The molecule has 0 fully saturated rings. The monoisotopic (exact) mass is 246 g/mol. The van der Waals surface area contributed by atoms with E-state index in [1.54, 1.807) is 6.92 Å². The van der Waals surface area contributed by atoms with E-state index in [-0.39, 0.29) is 11.2 Å². The van der Waals surface area contributed by atoms with Crippen LogP contribution in [0.5, 0.6) is 0 Å². The Labute approximate surface area is 112 Å². The molecule has 0 N–H and O–H groups in total. The predicted molar refractivity (Wildman–Crippen MR) is 78.0 cm³/mol. The minimum absolute atomic E-state index is 0.187. The Morgan fingerprint density at radius 3 is 2.39 bits per heavy atom. The van der Waals surface area contributed by atoms with E-state index in [1.165, 1.54) is 16.7 Å². The number of carbonyl (C=O) groups excluding carboxylic acids is 1. The predicted octanol–water partition coefficient (Wildman–Crippen LogP) is 4.45. The Balaban J connectivity index is 2.91. The molecule has 0 amide bonds. The molecule has 1 aromatic rings. The van der Waals surface area contributed by atoms with Gasteiger partial charge in [-0.3, -0.25) is 0 Å². The van der Waals surface area contributed by atoms with Gasteiger partial charge in [0.15, 0.2) is 0 Å². The summed E-state index contributed by atoms with van der Waals surface area (Å²) >= 11 is 0. The number of aryl methyl sites for hydroxylation is 1. The first-order chi connectivity index (χ1) is 8.20. The van der Waals surface area contributed by atoms with Gasteiger partial charge in [0.1, 0.15) is 5.78 Å². The summed E-state index contributed by atoms with van der Waals surface area (Å²) in [5, 5.41) is 0. The van der Waals surface area contributed by atoms with Crippen LogP contribution in [0.3, 0.4) is 0 Å². The second-order valence-corrected chi connectivity index (χ2v) is 6.61. The van der Waals surface area contributed by atoms with Crippen LogP contribution in [-0.4, -0.2) is 5.78 Å². The van der Waals surface area contributed by atoms with Crippen molar-refractivity contribution in [2.45, 2.75) is 59.8 Å². The maximum absolute atomic E-state index is 11.2. The van der Waals surface area contributed by atoms with Crippen molar-refractivity contribution in [2.75, 3.05) is 0 Å². The molecule has 1 aromatic carbocycles. The van der Waals surface area contributed by atoms with E-state index >= 15 is 0 Å². The van der Waals surface area contributed by atoms with E-state index in [9.17, 15) is 4.79 Å². The molecule has 0 heterocycles. The Hall–Kier alpha value is -1.11. The minimum atomic E-state index is 0.187. The van der Waals surface area contributed by atoms with Gasteiger partial charge in [0.25, 0.3) is 0 Å². The highest BCUT2D eigenvalue weighted by Gasteiger charge is 2.16. The zero-order chi connectivity index (χ0) is 13.9. The average Bonchev–Trinajstić information content (AvgIpc) is 2.18. The van der Waals surface area contributed by atoms with Crippen LogP contribution < -0.4 is 0 Å². The highest BCUT2D eigenvalue weighted by atomic mass is 16.1. The van der Waals surface area contributed by atoms with Crippen LogP contribution in [-0.2, 0) is 16.6 Å². The third-order valence-electron chi connectivity index (χ3n) is 3.42. The molecule has 1 heteroatoms. The molecule has 0 aliphatic rings. The van der Waals surface area contributed by atoms with Crippen LogP contribution in [0.2, 0.25) is 0 Å². The average molecular weight is 246 g/mol. The van der Waals surface area contributed by atoms with Crippen LogP contribution in [0.25, 0.3) is 0 Å². The van der Waals surface area contributed by atoms with Crippen LogP contribution >= 0.6 is 0 Å². The van der Waals surface area contributed by atoms with Gasteiger partial charge in [0.2, 0.25) is 0 Å². The summed E-state index contributed by atoms with van der Waals surface area (Å²) in [6.45, 7) is 12.7. The maximum Gasteiger partial charge on any atom is 0.130 e. The van der Waals surface area contributed by atoms with Gasteiger partial charge in [-0.1, -0.05) is 45.9 Å². The van der Waals surface area contributed by atoms with Crippen molar-refractivity contribution in [1.82, 2.24) is 0 Å². The van der Waals surface area contributed by atoms with Crippen LogP contribution in [0, 0.1) is 12.8 Å². The number of ketones is 1. The number of carbonyl (C=O) groups is 1. The Morgan fingerprint density at radius 1 is 1.28 bits per heavy atom. The van der Waals surface area contributed by atoms with Gasteiger partial charge in [0, 0.05) is 6.42 Å². The number of benzene rings is 1. The molecule has 0 radical (unpaired) electrons. The first kappa shape index (κ1) is 14.9. The SMILES string of the molecule is CC(=O)CC(C)Cc1cc(C(C)(C)C)ccc1C. The summed E-state index contributed by atoms with van der Waals surface area (Å²) in [7, 11) is 0. The van der Waals surface area contributed by atoms with Crippen molar-refractivity contribution in [3.05, 3.63) is 34.9 Å². The first-order valence-corrected chi connectivity index (χ1v) is 6.79. The van der Waals surface area contributed by atoms with E-state index in [2.05, 4.69) is 52.8 Å². The van der Waals surface area contributed by atoms with Gasteiger partial charge in [-0.2, -0.15) is 0 Å². The number of hydrogen-bond acceptors (Lipinski definition) is 1. The zero-order valence-electron chi connectivity index (χ0n) is 12.6. The lowest BCUT2D eigenvalue weighted by atomic mass is 9.83. The van der Waals surface area contributed by atoms with Gasteiger partial charge >= 0.3 is 0 Å². The van der Waals surface area contributed by atoms with Crippen molar-refractivity contribution < 1.29 is 4.79 Å². The molecular weight excluding hydrogens is 220 g/mol. The van der Waals surface area contributed by atoms with Crippen LogP contribution in [0.4, 0.5) is 0 Å². The van der Waals surface area contributed by atoms with Gasteiger partial charge in [-0.25, -0.2) is 0 Å². The molecule has 0 bridgehead atoms. The summed E-state index contributed by atoms with van der Waals surface area (Å²) in [4.78, 5) is 11.2. The second kappa shape index (κ2) is 5.69. The van der Waals surface area contributed by atoms with E-state index in [0.29, 0.717) is 12.3 Å². The lowest BCUT2D eigenvalue weighted by Crippen LogP contribution is -2.13. The summed E-state index contributed by atoms with van der Waals surface area (Å²) in [6, 6.07) is 6.73. The maximum atomic E-state index is 11.2. The van der Waals surface area contributed by atoms with Crippen molar-refractivity contribution in [3.8, 4) is 0 Å². The van der Waals surface area contributed by atoms with E-state index < -0.39 is 0 Å². The quantitative estimate of drug-likeness (QED) is 0.767. The number of Topliss-reactive ketones (excluding diaryl/α,β-unsaturated/α-hetero) is 1. The van der Waals surface area contributed by atoms with Crippen LogP contribution in [0.1, 0.15) is 57.7 Å². The highest BCUT2D eigenvalue weighted by Crippen LogP contribution is 2.26. The van der Waals surface area contributed by atoms with Gasteiger partial charge in [0.05, 0.1) is 0 Å². The van der Waals surface area contributed by atoms with Crippen molar-refractivity contribution in [2.24, 2.45) is 5.92 Å². The summed E-state index contributed by atoms with van der Waals surface area (Å²) in [5.74, 6) is 0.712. The van der Waals surface area contributed by atoms with Gasteiger partial charge in [-0.05, 0) is 48.3 Å². The standard InChI is InChI=1S/C17H26O/c1-12(9-14(3)18)10-15-11-16(17(4,5)6)8-7-13(15)2/h7-8,11-12H,9-10H2,1-6H3. The van der Waals surface area contributed by atoms with Crippen molar-refractivity contribution in [1.29, 1.82) is 0 Å². The van der Waals surface area contributed by atoms with Gasteiger partial charge in [-0.15, -0.1) is 0 Å². The van der Waals surface area contributed by atoms with Crippen molar-refractivity contribution >= 4 is 5.78 Å². The summed E-state index contributed by atoms with van der Waals surface area (Å²) < 4.78 is 0. The Kier molecular flexibility index (Phi) is 4.72. The third kappa shape index (κ3) is 4.29. The fraction of sp³-hybridized carbons (Fsp3) is 0.588.